The molecular formula is C23H19F6N5O2S. The van der Waals surface area contributed by atoms with Gasteiger partial charge in [-0.25, -0.2) is 31.7 Å². The van der Waals surface area contributed by atoms with Crippen LogP contribution in [0, 0.1) is 5.82 Å². The maximum atomic E-state index is 14.9. The fourth-order valence-electron chi connectivity index (χ4n) is 3.74. The van der Waals surface area contributed by atoms with E-state index in [-0.39, 0.29) is 28.4 Å². The highest BCUT2D eigenvalue weighted by Crippen LogP contribution is 2.34. The summed E-state index contributed by atoms with van der Waals surface area (Å²) in [6.07, 6.45) is -2.98. The molecule has 3 atom stereocenters. The van der Waals surface area contributed by atoms with Crippen LogP contribution in [0.2, 0.25) is 0 Å². The number of amides is 1. The number of alkyl halides is 5. The number of halogens is 6. The first-order chi connectivity index (χ1) is 17.5. The van der Waals surface area contributed by atoms with Crippen molar-refractivity contribution in [3.63, 3.8) is 0 Å². The highest BCUT2D eigenvalue weighted by atomic mass is 32.2. The van der Waals surface area contributed by atoms with Gasteiger partial charge in [0.15, 0.2) is 5.67 Å². The summed E-state index contributed by atoms with van der Waals surface area (Å²) in [7, 11) is -2.06. The molecule has 14 heteroatoms. The fourth-order valence-corrected chi connectivity index (χ4v) is 5.13. The lowest BCUT2D eigenvalue weighted by Gasteiger charge is -2.22. The van der Waals surface area contributed by atoms with Crippen LogP contribution in [0.15, 0.2) is 59.9 Å². The molecule has 196 valence electrons. The maximum absolute atomic E-state index is 14.9. The predicted octanol–water partition coefficient (Wildman–Crippen LogP) is 3.79. The number of nitrogens with zero attached hydrogens (tertiary/aromatic N) is 4. The van der Waals surface area contributed by atoms with Gasteiger partial charge < -0.3 is 5.32 Å². The second kappa shape index (κ2) is 10.5. The van der Waals surface area contributed by atoms with E-state index in [9.17, 15) is 35.3 Å². The largest absolute Gasteiger partial charge is 0.433 e. The molecule has 1 aliphatic heterocycles. The lowest BCUT2D eigenvalue weighted by atomic mass is 10.0. The summed E-state index contributed by atoms with van der Waals surface area (Å²) in [4.78, 5) is 24.4. The SMILES string of the molecule is O=C(NCc1cc(-c2ccc(C(F)(F)F)nc2)ncn1)C1CC(F)(CF)CN1S(=O)c1ccc(F)cc1. The van der Waals surface area contributed by atoms with Crippen molar-refractivity contribution in [3.8, 4) is 11.3 Å². The Balaban J connectivity index is 1.47. The van der Waals surface area contributed by atoms with Crippen LogP contribution in [0.1, 0.15) is 17.8 Å². The third-order valence-electron chi connectivity index (χ3n) is 5.63. The van der Waals surface area contributed by atoms with Gasteiger partial charge in [-0.3, -0.25) is 9.78 Å². The standard InChI is InChI=1S/C23H19F6N5O2S/c24-11-22(26)8-19(34(12-22)37(36)17-4-2-15(25)3-5-17)21(35)31-10-16-7-18(33-13-32-16)14-1-6-20(30-9-14)23(27,28)29/h1-7,9,13,19H,8,10-12H2,(H,31,35). The highest BCUT2D eigenvalue weighted by Gasteiger charge is 2.50. The maximum Gasteiger partial charge on any atom is 0.433 e. The minimum Gasteiger partial charge on any atom is -0.349 e. The van der Waals surface area contributed by atoms with Crippen molar-refractivity contribution >= 4 is 16.9 Å². The Hall–Kier alpha value is -3.39. The van der Waals surface area contributed by atoms with Crippen LogP contribution in [-0.2, 0) is 28.5 Å². The first-order valence-corrected chi connectivity index (χ1v) is 11.9. The zero-order chi connectivity index (χ0) is 26.8. The Kier molecular flexibility index (Phi) is 7.59. The average molecular weight is 543 g/mol. The van der Waals surface area contributed by atoms with Crippen LogP contribution in [0.4, 0.5) is 26.3 Å². The topological polar surface area (TPSA) is 88.1 Å². The number of hydrogen-bond acceptors (Lipinski definition) is 5. The van der Waals surface area contributed by atoms with E-state index >= 15 is 0 Å². The molecule has 3 unspecified atom stereocenters. The zero-order valence-corrected chi connectivity index (χ0v) is 19.7. The number of carbonyl (C=O) groups is 1. The molecular weight excluding hydrogens is 524 g/mol. The molecule has 3 heterocycles. The van der Waals surface area contributed by atoms with E-state index in [0.717, 1.165) is 35.0 Å². The monoisotopic (exact) mass is 543 g/mol. The molecule has 0 radical (unpaired) electrons. The fraction of sp³-hybridized carbons (Fsp3) is 0.304. The summed E-state index contributed by atoms with van der Waals surface area (Å²) in [6, 6.07) is 6.73. The van der Waals surface area contributed by atoms with E-state index < -0.39 is 65.9 Å². The summed E-state index contributed by atoms with van der Waals surface area (Å²) in [5, 5.41) is 2.54. The smallest absolute Gasteiger partial charge is 0.349 e. The van der Waals surface area contributed by atoms with Gasteiger partial charge in [0, 0.05) is 24.7 Å². The highest BCUT2D eigenvalue weighted by molar-refractivity contribution is 7.82. The number of benzene rings is 1. The third-order valence-corrected chi connectivity index (χ3v) is 7.12. The summed E-state index contributed by atoms with van der Waals surface area (Å²) >= 11 is 0. The van der Waals surface area contributed by atoms with Crippen molar-refractivity contribution in [3.05, 3.63) is 72.2 Å². The van der Waals surface area contributed by atoms with Crippen molar-refractivity contribution < 1.29 is 35.3 Å². The number of nitrogens with one attached hydrogen (secondary N) is 1. The Morgan fingerprint density at radius 3 is 2.49 bits per heavy atom. The molecule has 4 rings (SSSR count). The minimum atomic E-state index is -4.59. The van der Waals surface area contributed by atoms with Crippen LogP contribution in [0.25, 0.3) is 11.3 Å². The van der Waals surface area contributed by atoms with Crippen LogP contribution in [0.3, 0.4) is 0 Å². The summed E-state index contributed by atoms with van der Waals surface area (Å²) in [5.74, 6) is -1.31. The number of aromatic nitrogens is 3. The molecule has 0 spiro atoms. The average Bonchev–Trinajstić information content (AvgIpc) is 3.25. The van der Waals surface area contributed by atoms with E-state index in [1.54, 1.807) is 0 Å². The van der Waals surface area contributed by atoms with E-state index in [0.29, 0.717) is 0 Å². The number of rotatable bonds is 7. The van der Waals surface area contributed by atoms with Crippen LogP contribution in [0.5, 0.6) is 0 Å². The predicted molar refractivity (Wildman–Crippen MR) is 120 cm³/mol. The molecule has 0 aliphatic carbocycles. The minimum absolute atomic E-state index is 0.118. The Bertz CT molecular complexity index is 1290. The summed E-state index contributed by atoms with van der Waals surface area (Å²) < 4.78 is 93.7. The van der Waals surface area contributed by atoms with Crippen molar-refractivity contribution in [2.24, 2.45) is 0 Å². The van der Waals surface area contributed by atoms with Gasteiger partial charge in [-0.15, -0.1) is 0 Å². The van der Waals surface area contributed by atoms with Crippen molar-refractivity contribution in [2.45, 2.75) is 35.7 Å². The molecule has 1 aromatic carbocycles. The first-order valence-electron chi connectivity index (χ1n) is 10.8. The van der Waals surface area contributed by atoms with E-state index in [4.69, 9.17) is 0 Å². The molecule has 0 saturated carbocycles. The number of hydrogen-bond donors (Lipinski definition) is 1. The van der Waals surface area contributed by atoms with Crippen molar-refractivity contribution in [2.75, 3.05) is 13.2 Å². The van der Waals surface area contributed by atoms with Crippen LogP contribution >= 0.6 is 0 Å². The lowest BCUT2D eigenvalue weighted by molar-refractivity contribution is -0.141. The third kappa shape index (κ3) is 6.13. The van der Waals surface area contributed by atoms with Crippen molar-refractivity contribution in [1.29, 1.82) is 0 Å². The Morgan fingerprint density at radius 1 is 1.14 bits per heavy atom. The number of carbonyl (C=O) groups excluding carboxylic acids is 1. The molecule has 3 aromatic rings. The van der Waals surface area contributed by atoms with Crippen LogP contribution < -0.4 is 5.32 Å². The van der Waals surface area contributed by atoms with Crippen molar-refractivity contribution in [1.82, 2.24) is 24.6 Å². The summed E-state index contributed by atoms with van der Waals surface area (Å²) in [6.45, 7) is -2.17. The van der Waals surface area contributed by atoms with E-state index in [1.807, 2.05) is 0 Å². The quantitative estimate of drug-likeness (QED) is 0.459. The van der Waals surface area contributed by atoms with E-state index in [2.05, 4.69) is 20.3 Å². The molecule has 0 bridgehead atoms. The molecule has 37 heavy (non-hydrogen) atoms. The molecule has 2 aromatic heterocycles. The van der Waals surface area contributed by atoms with Gasteiger partial charge in [-0.2, -0.15) is 13.2 Å². The van der Waals surface area contributed by atoms with Gasteiger partial charge in [-0.05, 0) is 42.5 Å². The molecule has 7 nitrogen and oxygen atoms in total. The number of pyridine rings is 1. The molecule has 1 saturated heterocycles. The van der Waals surface area contributed by atoms with Gasteiger partial charge in [0.05, 0.1) is 22.8 Å². The van der Waals surface area contributed by atoms with E-state index in [1.165, 1.54) is 24.3 Å². The first kappa shape index (κ1) is 26.7. The Labute approximate surface area is 209 Å². The molecule has 1 amide bonds. The lowest BCUT2D eigenvalue weighted by Crippen LogP contribution is -2.43. The zero-order valence-electron chi connectivity index (χ0n) is 18.9. The molecule has 1 aliphatic rings. The van der Waals surface area contributed by atoms with Gasteiger partial charge in [-0.1, -0.05) is 0 Å². The molecule has 1 fully saturated rings. The van der Waals surface area contributed by atoms with Gasteiger partial charge in [0.2, 0.25) is 5.91 Å². The van der Waals surface area contributed by atoms with Gasteiger partial charge in [0.25, 0.3) is 0 Å². The second-order valence-corrected chi connectivity index (χ2v) is 9.76. The van der Waals surface area contributed by atoms with Gasteiger partial charge in [0.1, 0.15) is 41.5 Å². The normalized spacial score (nSPS) is 21.1. The molecule has 1 N–H and O–H groups in total. The van der Waals surface area contributed by atoms with Gasteiger partial charge >= 0.3 is 6.18 Å². The van der Waals surface area contributed by atoms with Crippen LogP contribution in [-0.4, -0.2) is 54.3 Å². The Morgan fingerprint density at radius 2 is 1.86 bits per heavy atom. The summed E-state index contributed by atoms with van der Waals surface area (Å²) in [5.41, 5.74) is -2.64. The second-order valence-electron chi connectivity index (χ2n) is 8.32.